The fourth-order valence-electron chi connectivity index (χ4n) is 1.82. The molecule has 0 atom stereocenters. The van der Waals surface area contributed by atoms with E-state index in [9.17, 15) is 4.79 Å². The average Bonchev–Trinajstić information content (AvgIpc) is 2.33. The van der Waals surface area contributed by atoms with E-state index in [0.717, 1.165) is 5.69 Å². The van der Waals surface area contributed by atoms with E-state index in [1.807, 2.05) is 13.1 Å². The van der Waals surface area contributed by atoms with E-state index >= 15 is 0 Å². The summed E-state index contributed by atoms with van der Waals surface area (Å²) in [4.78, 5) is 14.5. The first-order valence-electron chi connectivity index (χ1n) is 5.69. The second-order valence-corrected chi connectivity index (χ2v) is 6.03. The number of nitrogens with zero attached hydrogens (tertiary/aromatic N) is 1. The van der Waals surface area contributed by atoms with Crippen molar-refractivity contribution in [3.8, 4) is 0 Å². The molecule has 0 radical (unpaired) electrons. The molecule has 1 aromatic rings. The molecular weight excluding hydrogens is 232 g/mol. The second kappa shape index (κ2) is 4.35. The Bertz CT molecular complexity index is 457. The summed E-state index contributed by atoms with van der Waals surface area (Å²) in [5.41, 5.74) is 8.01. The van der Waals surface area contributed by atoms with E-state index in [4.69, 9.17) is 5.73 Å². The van der Waals surface area contributed by atoms with Gasteiger partial charge in [-0.15, -0.1) is 11.8 Å². The Hall–Kier alpha value is -1.00. The van der Waals surface area contributed by atoms with Crippen LogP contribution in [0.1, 0.15) is 19.4 Å². The fourth-order valence-corrected chi connectivity index (χ4v) is 2.85. The van der Waals surface area contributed by atoms with Gasteiger partial charge in [0.05, 0.1) is 11.4 Å². The second-order valence-electron chi connectivity index (χ2n) is 5.01. The third-order valence-corrected chi connectivity index (χ3v) is 4.37. The largest absolute Gasteiger partial charge is 0.330 e. The number of hydrogen-bond donors (Lipinski definition) is 1. The lowest BCUT2D eigenvalue weighted by atomic mass is 9.85. The van der Waals surface area contributed by atoms with Crippen LogP contribution in [0.4, 0.5) is 5.69 Å². The molecule has 1 aromatic carbocycles. The zero-order chi connectivity index (χ0) is 12.6. The van der Waals surface area contributed by atoms with Crippen LogP contribution in [0.5, 0.6) is 0 Å². The van der Waals surface area contributed by atoms with Gasteiger partial charge in [-0.25, -0.2) is 0 Å². The topological polar surface area (TPSA) is 46.3 Å². The summed E-state index contributed by atoms with van der Waals surface area (Å²) in [6.45, 7) is 4.89. The molecule has 1 aliphatic heterocycles. The molecule has 0 spiro atoms. The maximum absolute atomic E-state index is 11.6. The van der Waals surface area contributed by atoms with Crippen LogP contribution >= 0.6 is 11.8 Å². The number of benzene rings is 1. The smallest absolute Gasteiger partial charge is 0.237 e. The Morgan fingerprint density at radius 1 is 1.47 bits per heavy atom. The van der Waals surface area contributed by atoms with Crippen molar-refractivity contribution >= 4 is 23.4 Å². The monoisotopic (exact) mass is 250 g/mol. The normalized spacial score (nSPS) is 16.0. The number of carbonyl (C=O) groups excluding carboxylic acids is 1. The number of thioether (sulfide) groups is 1. The molecule has 0 bridgehead atoms. The fraction of sp³-hybridized carbons (Fsp3) is 0.462. The molecule has 1 aliphatic rings. The summed E-state index contributed by atoms with van der Waals surface area (Å²) in [5.74, 6) is 0.684. The van der Waals surface area contributed by atoms with Gasteiger partial charge in [-0.3, -0.25) is 4.79 Å². The molecule has 17 heavy (non-hydrogen) atoms. The van der Waals surface area contributed by atoms with Crippen LogP contribution in [0.3, 0.4) is 0 Å². The zero-order valence-corrected chi connectivity index (χ0v) is 11.3. The highest BCUT2D eigenvalue weighted by Gasteiger charge is 2.25. The first-order valence-corrected chi connectivity index (χ1v) is 6.68. The van der Waals surface area contributed by atoms with Crippen molar-refractivity contribution < 1.29 is 4.79 Å². The highest BCUT2D eigenvalue weighted by molar-refractivity contribution is 8.00. The van der Waals surface area contributed by atoms with Crippen LogP contribution in [-0.2, 0) is 10.2 Å². The highest BCUT2D eigenvalue weighted by atomic mass is 32.2. The Morgan fingerprint density at radius 3 is 2.82 bits per heavy atom. The summed E-state index contributed by atoms with van der Waals surface area (Å²) in [5, 5.41) is 0. The summed E-state index contributed by atoms with van der Waals surface area (Å²) in [6.07, 6.45) is 0. The maximum atomic E-state index is 11.6. The molecule has 0 saturated carbocycles. The van der Waals surface area contributed by atoms with Crippen molar-refractivity contribution in [2.24, 2.45) is 5.73 Å². The summed E-state index contributed by atoms with van der Waals surface area (Å²) in [6, 6.07) is 6.25. The van der Waals surface area contributed by atoms with Gasteiger partial charge in [0.1, 0.15) is 0 Å². The minimum atomic E-state index is -0.0182. The zero-order valence-electron chi connectivity index (χ0n) is 10.5. The predicted molar refractivity (Wildman–Crippen MR) is 72.7 cm³/mol. The minimum absolute atomic E-state index is 0.0182. The lowest BCUT2D eigenvalue weighted by Gasteiger charge is -2.29. The summed E-state index contributed by atoms with van der Waals surface area (Å²) in [7, 11) is 1.83. The van der Waals surface area contributed by atoms with E-state index in [-0.39, 0.29) is 11.3 Å². The minimum Gasteiger partial charge on any atom is -0.330 e. The molecule has 2 N–H and O–H groups in total. The van der Waals surface area contributed by atoms with E-state index in [1.165, 1.54) is 10.5 Å². The Morgan fingerprint density at radius 2 is 2.18 bits per heavy atom. The van der Waals surface area contributed by atoms with Crippen LogP contribution < -0.4 is 10.6 Å². The quantitative estimate of drug-likeness (QED) is 0.873. The van der Waals surface area contributed by atoms with Crippen molar-refractivity contribution in [3.63, 3.8) is 0 Å². The van der Waals surface area contributed by atoms with Crippen LogP contribution in [0, 0.1) is 0 Å². The van der Waals surface area contributed by atoms with Gasteiger partial charge in [-0.2, -0.15) is 0 Å². The molecule has 0 saturated heterocycles. The van der Waals surface area contributed by atoms with Crippen LogP contribution in [0.15, 0.2) is 23.1 Å². The molecular formula is C13H18N2OS. The predicted octanol–water partition coefficient (Wildman–Crippen LogP) is 1.99. The molecule has 0 unspecified atom stereocenters. The van der Waals surface area contributed by atoms with Gasteiger partial charge in [-0.05, 0) is 17.7 Å². The number of amides is 1. The molecule has 0 aromatic heterocycles. The van der Waals surface area contributed by atoms with Gasteiger partial charge < -0.3 is 10.6 Å². The van der Waals surface area contributed by atoms with Crippen molar-refractivity contribution in [2.45, 2.75) is 24.2 Å². The number of anilines is 1. The van der Waals surface area contributed by atoms with E-state index < -0.39 is 0 Å². The maximum Gasteiger partial charge on any atom is 0.237 e. The number of carbonyl (C=O) groups is 1. The number of nitrogens with two attached hydrogens (primary N) is 1. The van der Waals surface area contributed by atoms with Crippen molar-refractivity contribution in [1.82, 2.24) is 0 Å². The van der Waals surface area contributed by atoms with Gasteiger partial charge >= 0.3 is 0 Å². The third kappa shape index (κ3) is 2.19. The van der Waals surface area contributed by atoms with Crippen LogP contribution in [0.25, 0.3) is 0 Å². The molecule has 0 fully saturated rings. The molecule has 92 valence electrons. The van der Waals surface area contributed by atoms with Gasteiger partial charge in [0, 0.05) is 23.9 Å². The van der Waals surface area contributed by atoms with Gasteiger partial charge in [0.2, 0.25) is 5.91 Å². The summed E-state index contributed by atoms with van der Waals surface area (Å²) >= 11 is 1.61. The van der Waals surface area contributed by atoms with Crippen molar-refractivity contribution in [3.05, 3.63) is 23.8 Å². The van der Waals surface area contributed by atoms with E-state index in [1.54, 1.807) is 16.7 Å². The van der Waals surface area contributed by atoms with Crippen molar-refractivity contribution in [1.29, 1.82) is 0 Å². The molecule has 1 heterocycles. The number of rotatable bonds is 2. The summed E-state index contributed by atoms with van der Waals surface area (Å²) < 4.78 is 0. The SMILES string of the molecule is CN1C(=O)CSc2cc(C(C)(C)CN)ccc21. The molecule has 4 heteroatoms. The lowest BCUT2D eigenvalue weighted by Crippen LogP contribution is -2.32. The van der Waals surface area contributed by atoms with Gasteiger partial charge in [0.15, 0.2) is 0 Å². The van der Waals surface area contributed by atoms with E-state index in [0.29, 0.717) is 12.3 Å². The van der Waals surface area contributed by atoms with Crippen molar-refractivity contribution in [2.75, 3.05) is 24.2 Å². The Labute approximate surface area is 106 Å². The number of fused-ring (bicyclic) bond motifs is 1. The molecule has 1 amide bonds. The molecule has 3 nitrogen and oxygen atoms in total. The molecule has 2 rings (SSSR count). The average molecular weight is 250 g/mol. The Kier molecular flexibility index (Phi) is 3.19. The highest BCUT2D eigenvalue weighted by Crippen LogP contribution is 2.37. The van der Waals surface area contributed by atoms with Gasteiger partial charge in [-0.1, -0.05) is 19.9 Å². The first kappa shape index (κ1) is 12.5. The van der Waals surface area contributed by atoms with Gasteiger partial charge in [0.25, 0.3) is 0 Å². The standard InChI is InChI=1S/C13H18N2OS/c1-13(2,8-14)9-4-5-10-11(6-9)17-7-12(16)15(10)3/h4-6H,7-8,14H2,1-3H3. The van der Waals surface area contributed by atoms with Crippen LogP contribution in [0.2, 0.25) is 0 Å². The lowest BCUT2D eigenvalue weighted by molar-refractivity contribution is -0.116. The molecule has 0 aliphatic carbocycles. The van der Waals surface area contributed by atoms with Crippen LogP contribution in [-0.4, -0.2) is 25.3 Å². The third-order valence-electron chi connectivity index (χ3n) is 3.34. The first-order chi connectivity index (χ1) is 7.95. The van der Waals surface area contributed by atoms with E-state index in [2.05, 4.69) is 26.0 Å². The Balaban J connectivity index is 2.42. The number of hydrogen-bond acceptors (Lipinski definition) is 3.